The van der Waals surface area contributed by atoms with Crippen LogP contribution in [0.2, 0.25) is 0 Å². The van der Waals surface area contributed by atoms with Crippen molar-refractivity contribution in [2.24, 2.45) is 11.0 Å². The van der Waals surface area contributed by atoms with E-state index in [1.807, 2.05) is 0 Å². The lowest BCUT2D eigenvalue weighted by molar-refractivity contribution is -0.908. The molecule has 0 saturated carbocycles. The summed E-state index contributed by atoms with van der Waals surface area (Å²) in [6.45, 7) is 5.33. The molecule has 2 N–H and O–H groups in total. The fraction of sp³-hybridized carbons (Fsp3) is 0.727. The Morgan fingerprint density at radius 2 is 2.38 bits per heavy atom. The minimum Gasteiger partial charge on any atom is -0.334 e. The van der Waals surface area contributed by atoms with Gasteiger partial charge >= 0.3 is 0 Å². The first-order valence-corrected chi connectivity index (χ1v) is 5.59. The lowest BCUT2D eigenvalue weighted by Gasteiger charge is -2.31. The van der Waals surface area contributed by atoms with Gasteiger partial charge in [0.25, 0.3) is 5.91 Å². The molecule has 0 spiro atoms. The zero-order chi connectivity index (χ0) is 12.1. The molecular weight excluding hydrogens is 204 g/mol. The molecule has 5 heteroatoms. The summed E-state index contributed by atoms with van der Waals surface area (Å²) in [5.41, 5.74) is 3.47. The molecule has 1 aliphatic heterocycles. The van der Waals surface area contributed by atoms with E-state index >= 15 is 0 Å². The van der Waals surface area contributed by atoms with E-state index < -0.39 is 0 Å². The lowest BCUT2D eigenvalue weighted by Crippen LogP contribution is -3.14. The molecule has 1 saturated heterocycles. The molecule has 1 fully saturated rings. The summed E-state index contributed by atoms with van der Waals surface area (Å²) in [7, 11) is 2.17. The third kappa shape index (κ3) is 3.31. The maximum absolute atomic E-state index is 11.1. The van der Waals surface area contributed by atoms with Crippen LogP contribution in [0, 0.1) is 17.2 Å². The van der Waals surface area contributed by atoms with Crippen molar-refractivity contribution >= 4 is 11.6 Å². The van der Waals surface area contributed by atoms with Crippen LogP contribution in [0.3, 0.4) is 0 Å². The normalized spacial score (nSPS) is 32.1. The van der Waals surface area contributed by atoms with E-state index in [0.29, 0.717) is 12.0 Å². The maximum Gasteiger partial charge on any atom is 0.254 e. The molecule has 1 aliphatic rings. The number of quaternary nitrogens is 1. The average molecular weight is 223 g/mol. The number of hydrazone groups is 1. The van der Waals surface area contributed by atoms with Crippen LogP contribution in [0.25, 0.3) is 0 Å². The molecule has 0 bridgehead atoms. The molecule has 1 amide bonds. The van der Waals surface area contributed by atoms with Crippen LogP contribution in [0.4, 0.5) is 0 Å². The molecule has 1 rings (SSSR count). The van der Waals surface area contributed by atoms with Crippen molar-refractivity contribution < 1.29 is 9.69 Å². The highest BCUT2D eigenvalue weighted by molar-refractivity contribution is 5.89. The van der Waals surface area contributed by atoms with Gasteiger partial charge in [0, 0.05) is 12.3 Å². The van der Waals surface area contributed by atoms with Gasteiger partial charge in [0.2, 0.25) is 0 Å². The van der Waals surface area contributed by atoms with Crippen LogP contribution in [-0.2, 0) is 4.79 Å². The number of piperidine rings is 1. The predicted octanol–water partition coefficient (Wildman–Crippen LogP) is -0.685. The zero-order valence-corrected chi connectivity index (χ0v) is 10.1. The molecule has 1 unspecified atom stereocenters. The van der Waals surface area contributed by atoms with Crippen LogP contribution in [0.5, 0.6) is 0 Å². The Morgan fingerprint density at radius 3 is 3.00 bits per heavy atom. The minimum absolute atomic E-state index is 0.133. The number of carbonyl (C=O) groups is 1. The molecule has 0 aliphatic carbocycles. The molecule has 16 heavy (non-hydrogen) atoms. The van der Waals surface area contributed by atoms with E-state index in [2.05, 4.69) is 31.4 Å². The fourth-order valence-electron chi connectivity index (χ4n) is 1.89. The third-order valence-corrected chi connectivity index (χ3v) is 3.12. The van der Waals surface area contributed by atoms with Gasteiger partial charge in [-0.3, -0.25) is 4.79 Å². The number of hydrogen-bond donors (Lipinski definition) is 2. The van der Waals surface area contributed by atoms with Crippen LogP contribution in [0.1, 0.15) is 26.7 Å². The van der Waals surface area contributed by atoms with Crippen molar-refractivity contribution in [2.75, 3.05) is 13.6 Å². The third-order valence-electron chi connectivity index (χ3n) is 3.12. The zero-order valence-electron chi connectivity index (χ0n) is 10.1. The van der Waals surface area contributed by atoms with Crippen molar-refractivity contribution in [3.05, 3.63) is 0 Å². The Morgan fingerprint density at radius 1 is 1.69 bits per heavy atom. The van der Waals surface area contributed by atoms with Crippen molar-refractivity contribution in [3.63, 3.8) is 0 Å². The first-order valence-electron chi connectivity index (χ1n) is 5.59. The van der Waals surface area contributed by atoms with Gasteiger partial charge in [-0.15, -0.1) is 0 Å². The average Bonchev–Trinajstić information content (AvgIpc) is 2.22. The van der Waals surface area contributed by atoms with E-state index in [0.717, 1.165) is 18.7 Å². The van der Waals surface area contributed by atoms with Crippen LogP contribution >= 0.6 is 0 Å². The van der Waals surface area contributed by atoms with Gasteiger partial charge in [-0.1, -0.05) is 6.92 Å². The largest absolute Gasteiger partial charge is 0.334 e. The Kier molecular flexibility index (Phi) is 4.44. The summed E-state index contributed by atoms with van der Waals surface area (Å²) in [6, 6.07) is 2.33. The molecule has 0 aromatic heterocycles. The second kappa shape index (κ2) is 5.61. The Labute approximate surface area is 96.1 Å². The van der Waals surface area contributed by atoms with Crippen LogP contribution < -0.4 is 10.3 Å². The predicted molar refractivity (Wildman–Crippen MR) is 60.8 cm³/mol. The van der Waals surface area contributed by atoms with Crippen LogP contribution in [0.15, 0.2) is 5.10 Å². The molecule has 0 aromatic rings. The van der Waals surface area contributed by atoms with Gasteiger partial charge in [-0.25, -0.2) is 5.43 Å². The van der Waals surface area contributed by atoms with Gasteiger partial charge in [-0.2, -0.15) is 10.4 Å². The number of amides is 1. The lowest BCUT2D eigenvalue weighted by atomic mass is 9.93. The molecular formula is C11H19N4O+. The van der Waals surface area contributed by atoms with E-state index in [1.54, 1.807) is 6.07 Å². The van der Waals surface area contributed by atoms with Crippen LogP contribution in [-0.4, -0.2) is 31.3 Å². The van der Waals surface area contributed by atoms with Crippen molar-refractivity contribution in [3.8, 4) is 6.07 Å². The van der Waals surface area contributed by atoms with Crippen molar-refractivity contribution in [1.82, 2.24) is 5.43 Å². The molecule has 5 nitrogen and oxygen atoms in total. The Bertz CT molecular complexity index is 331. The van der Waals surface area contributed by atoms with Gasteiger partial charge in [0.05, 0.1) is 31.4 Å². The van der Waals surface area contributed by atoms with Crippen molar-refractivity contribution in [1.29, 1.82) is 5.26 Å². The van der Waals surface area contributed by atoms with Gasteiger partial charge in [0.15, 0.2) is 0 Å². The maximum atomic E-state index is 11.1. The smallest absolute Gasteiger partial charge is 0.254 e. The Balaban J connectivity index is 2.56. The first-order chi connectivity index (χ1) is 7.54. The second-order valence-electron chi connectivity index (χ2n) is 4.53. The summed E-state index contributed by atoms with van der Waals surface area (Å²) in [6.07, 6.45) is 0.770. The standard InChI is InChI=1S/C11H18N4O/c1-8-7-15(3)9(2)6-10(8)13-14-11(16)4-5-12/h8-9H,4,6-7H2,1-3H3,(H,14,16)/p+1/b13-10-/t8-,9+/m1/s1. The topological polar surface area (TPSA) is 69.7 Å². The fourth-order valence-corrected chi connectivity index (χ4v) is 1.89. The van der Waals surface area contributed by atoms with E-state index in [-0.39, 0.29) is 12.3 Å². The number of rotatable bonds is 2. The molecule has 0 radical (unpaired) electrons. The van der Waals surface area contributed by atoms with Crippen molar-refractivity contribution in [2.45, 2.75) is 32.7 Å². The van der Waals surface area contributed by atoms with E-state index in [9.17, 15) is 4.79 Å². The number of likely N-dealkylation sites (tertiary alicyclic amines) is 1. The number of nitriles is 1. The van der Waals surface area contributed by atoms with E-state index in [1.165, 1.54) is 4.90 Å². The SMILES string of the molecule is C[C@@H]1C[NH+](C)[C@@H](C)C/C1=N/NC(=O)CC#N. The monoisotopic (exact) mass is 223 g/mol. The highest BCUT2D eigenvalue weighted by atomic mass is 16.2. The molecule has 3 atom stereocenters. The number of nitrogens with one attached hydrogen (secondary N) is 2. The van der Waals surface area contributed by atoms with E-state index in [4.69, 9.17) is 5.26 Å². The number of nitrogens with zero attached hydrogens (tertiary/aromatic N) is 2. The highest BCUT2D eigenvalue weighted by Crippen LogP contribution is 2.07. The Hall–Kier alpha value is -1.41. The summed E-state index contributed by atoms with van der Waals surface area (Å²) in [5, 5.41) is 12.5. The van der Waals surface area contributed by atoms with Gasteiger partial charge in [-0.05, 0) is 6.92 Å². The quantitative estimate of drug-likeness (QED) is 0.609. The summed E-state index contributed by atoms with van der Waals surface area (Å²) in [5.74, 6) is 0.0553. The summed E-state index contributed by atoms with van der Waals surface area (Å²) >= 11 is 0. The summed E-state index contributed by atoms with van der Waals surface area (Å²) < 4.78 is 0. The second-order valence-corrected chi connectivity index (χ2v) is 4.53. The summed E-state index contributed by atoms with van der Waals surface area (Å²) in [4.78, 5) is 12.6. The number of carbonyl (C=O) groups excluding carboxylic acids is 1. The highest BCUT2D eigenvalue weighted by Gasteiger charge is 2.28. The minimum atomic E-state index is -0.332. The van der Waals surface area contributed by atoms with Gasteiger partial charge < -0.3 is 4.90 Å². The molecule has 0 aromatic carbocycles. The first kappa shape index (κ1) is 12.7. The molecule has 1 heterocycles. The number of hydrogen-bond acceptors (Lipinski definition) is 3. The van der Waals surface area contributed by atoms with Gasteiger partial charge in [0.1, 0.15) is 6.42 Å². The molecule has 88 valence electrons.